The van der Waals surface area contributed by atoms with Crippen LogP contribution in [0, 0.1) is 6.92 Å². The molecule has 0 bridgehead atoms. The second-order valence-electron chi connectivity index (χ2n) is 6.26. The van der Waals surface area contributed by atoms with Crippen molar-refractivity contribution in [3.8, 4) is 11.4 Å². The Bertz CT molecular complexity index is 972. The van der Waals surface area contributed by atoms with Crippen molar-refractivity contribution in [3.05, 3.63) is 64.4 Å². The van der Waals surface area contributed by atoms with Gasteiger partial charge < -0.3 is 0 Å². The summed E-state index contributed by atoms with van der Waals surface area (Å²) >= 11 is 3.09. The maximum absolute atomic E-state index is 11.9. The normalized spacial score (nSPS) is 19.2. The molecule has 4 rings (SSSR count). The second kappa shape index (κ2) is 7.58. The smallest absolute Gasteiger partial charge is 0.159 e. The van der Waals surface area contributed by atoms with Gasteiger partial charge in [0.2, 0.25) is 0 Å². The van der Waals surface area contributed by atoms with Crippen molar-refractivity contribution in [3.63, 3.8) is 0 Å². The van der Waals surface area contributed by atoms with Crippen molar-refractivity contribution in [1.29, 1.82) is 0 Å². The molecule has 3 aromatic rings. The summed E-state index contributed by atoms with van der Waals surface area (Å²) in [6.07, 6.45) is 6.82. The maximum atomic E-state index is 11.9. The quantitative estimate of drug-likeness (QED) is 0.669. The summed E-state index contributed by atoms with van der Waals surface area (Å²) in [6, 6.07) is 7.97. The molecule has 0 spiro atoms. The molecule has 0 saturated heterocycles. The number of nitrogens with zero attached hydrogens (tertiary/aromatic N) is 4. The standard InChI is InChI=1S/C19H17N5OS2/c1-13-9-21-17(22-10-13)15-4-2-3-14(7-15)8-19(12-25)24-23-16(11-27-19)18-20-5-6-26-18/h2-7,9-10,12,24H,8,11H2,1H3. The predicted octanol–water partition coefficient (Wildman–Crippen LogP) is 3.09. The summed E-state index contributed by atoms with van der Waals surface area (Å²) in [7, 11) is 0. The van der Waals surface area contributed by atoms with Crippen LogP contribution in [0.25, 0.3) is 11.4 Å². The highest BCUT2D eigenvalue weighted by Gasteiger charge is 2.34. The highest BCUT2D eigenvalue weighted by Crippen LogP contribution is 2.30. The van der Waals surface area contributed by atoms with E-state index in [9.17, 15) is 4.79 Å². The van der Waals surface area contributed by atoms with Crippen LogP contribution in [0.2, 0.25) is 0 Å². The Hall–Kier alpha value is -2.58. The number of hydrazone groups is 1. The highest BCUT2D eigenvalue weighted by atomic mass is 32.2. The zero-order valence-corrected chi connectivity index (χ0v) is 16.3. The van der Waals surface area contributed by atoms with E-state index in [2.05, 4.69) is 25.5 Å². The number of aromatic nitrogens is 3. The molecule has 2 aromatic heterocycles. The summed E-state index contributed by atoms with van der Waals surface area (Å²) in [5.41, 5.74) is 6.90. The van der Waals surface area contributed by atoms with Crippen molar-refractivity contribution < 1.29 is 4.79 Å². The molecule has 1 N–H and O–H groups in total. The SMILES string of the molecule is Cc1cnc(-c2cccc(CC3(C=O)NN=C(c4nccs4)CS3)c2)nc1. The Morgan fingerprint density at radius 3 is 2.78 bits per heavy atom. The minimum absolute atomic E-state index is 0.523. The summed E-state index contributed by atoms with van der Waals surface area (Å²) in [5, 5.41) is 7.22. The van der Waals surface area contributed by atoms with Crippen molar-refractivity contribution >= 4 is 35.1 Å². The fourth-order valence-corrected chi connectivity index (χ4v) is 4.52. The van der Waals surface area contributed by atoms with Crippen molar-refractivity contribution in [2.24, 2.45) is 5.10 Å². The zero-order chi connectivity index (χ0) is 18.7. The van der Waals surface area contributed by atoms with Gasteiger partial charge in [-0.1, -0.05) is 18.2 Å². The molecule has 1 aliphatic rings. The van der Waals surface area contributed by atoms with Crippen LogP contribution in [0.15, 0.2) is 53.3 Å². The van der Waals surface area contributed by atoms with E-state index < -0.39 is 4.87 Å². The average molecular weight is 396 g/mol. The van der Waals surface area contributed by atoms with E-state index in [1.54, 1.807) is 41.7 Å². The molecule has 1 atom stereocenters. The number of aldehydes is 1. The lowest BCUT2D eigenvalue weighted by atomic mass is 10.0. The molecule has 1 aliphatic heterocycles. The van der Waals surface area contributed by atoms with Crippen LogP contribution < -0.4 is 5.43 Å². The first-order valence-electron chi connectivity index (χ1n) is 8.39. The van der Waals surface area contributed by atoms with Gasteiger partial charge in [0.05, 0.1) is 0 Å². The Labute approximate surface area is 165 Å². The number of carbonyl (C=O) groups is 1. The predicted molar refractivity (Wildman–Crippen MR) is 109 cm³/mol. The van der Waals surface area contributed by atoms with Crippen LogP contribution in [-0.4, -0.2) is 37.6 Å². The van der Waals surface area contributed by atoms with E-state index in [1.807, 2.05) is 36.6 Å². The van der Waals surface area contributed by atoms with Gasteiger partial charge in [-0.2, -0.15) is 5.10 Å². The number of thiazole rings is 1. The molecule has 1 aromatic carbocycles. The Balaban J connectivity index is 1.55. The van der Waals surface area contributed by atoms with Crippen LogP contribution in [0.5, 0.6) is 0 Å². The number of rotatable bonds is 5. The van der Waals surface area contributed by atoms with E-state index in [0.29, 0.717) is 18.0 Å². The number of thioether (sulfide) groups is 1. The van der Waals surface area contributed by atoms with E-state index in [0.717, 1.165) is 33.7 Å². The van der Waals surface area contributed by atoms with Crippen LogP contribution in [-0.2, 0) is 11.2 Å². The second-order valence-corrected chi connectivity index (χ2v) is 8.47. The van der Waals surface area contributed by atoms with Gasteiger partial charge in [0.1, 0.15) is 10.7 Å². The third-order valence-electron chi connectivity index (χ3n) is 4.15. The van der Waals surface area contributed by atoms with Gasteiger partial charge in [0, 0.05) is 41.7 Å². The van der Waals surface area contributed by atoms with Crippen molar-refractivity contribution in [2.45, 2.75) is 18.2 Å². The highest BCUT2D eigenvalue weighted by molar-refractivity contribution is 8.02. The Morgan fingerprint density at radius 2 is 2.11 bits per heavy atom. The van der Waals surface area contributed by atoms with Crippen LogP contribution in [0.4, 0.5) is 0 Å². The third kappa shape index (κ3) is 3.91. The molecule has 6 nitrogen and oxygen atoms in total. The van der Waals surface area contributed by atoms with Gasteiger partial charge in [-0.3, -0.25) is 10.2 Å². The number of hydrogen-bond donors (Lipinski definition) is 1. The monoisotopic (exact) mass is 395 g/mol. The van der Waals surface area contributed by atoms with Crippen LogP contribution >= 0.6 is 23.1 Å². The first-order valence-corrected chi connectivity index (χ1v) is 10.3. The molecule has 8 heteroatoms. The van der Waals surface area contributed by atoms with Gasteiger partial charge in [-0.15, -0.1) is 23.1 Å². The van der Waals surface area contributed by atoms with Crippen LogP contribution in [0.1, 0.15) is 16.1 Å². The molecular formula is C19H17N5OS2. The number of carbonyl (C=O) groups excluding carboxylic acids is 1. The molecule has 0 aliphatic carbocycles. The first kappa shape index (κ1) is 17.8. The lowest BCUT2D eigenvalue weighted by Gasteiger charge is -2.31. The lowest BCUT2D eigenvalue weighted by Crippen LogP contribution is -2.47. The van der Waals surface area contributed by atoms with Crippen molar-refractivity contribution in [1.82, 2.24) is 20.4 Å². The topological polar surface area (TPSA) is 80.1 Å². The molecule has 1 unspecified atom stereocenters. The van der Waals surface area contributed by atoms with Gasteiger partial charge >= 0.3 is 0 Å². The number of hydrogen-bond acceptors (Lipinski definition) is 8. The van der Waals surface area contributed by atoms with E-state index in [-0.39, 0.29) is 0 Å². The number of benzene rings is 1. The summed E-state index contributed by atoms with van der Waals surface area (Å²) in [6.45, 7) is 1.96. The molecule has 0 fully saturated rings. The maximum Gasteiger partial charge on any atom is 0.159 e. The molecule has 27 heavy (non-hydrogen) atoms. The minimum Gasteiger partial charge on any atom is -0.300 e. The fraction of sp³-hybridized carbons (Fsp3) is 0.211. The average Bonchev–Trinajstić information content (AvgIpc) is 3.24. The molecule has 0 amide bonds. The molecule has 3 heterocycles. The van der Waals surface area contributed by atoms with Crippen molar-refractivity contribution in [2.75, 3.05) is 5.75 Å². The molecular weight excluding hydrogens is 378 g/mol. The van der Waals surface area contributed by atoms with Gasteiger partial charge in [0.15, 0.2) is 17.0 Å². The molecule has 0 radical (unpaired) electrons. The largest absolute Gasteiger partial charge is 0.300 e. The lowest BCUT2D eigenvalue weighted by molar-refractivity contribution is -0.110. The summed E-state index contributed by atoms with van der Waals surface area (Å²) < 4.78 is 0. The van der Waals surface area contributed by atoms with Gasteiger partial charge in [-0.25, -0.2) is 15.0 Å². The number of nitrogens with one attached hydrogen (secondary N) is 1. The Morgan fingerprint density at radius 1 is 1.26 bits per heavy atom. The number of aryl methyl sites for hydroxylation is 1. The third-order valence-corrected chi connectivity index (χ3v) is 6.24. The van der Waals surface area contributed by atoms with E-state index in [4.69, 9.17) is 0 Å². The summed E-state index contributed by atoms with van der Waals surface area (Å²) in [5.74, 6) is 1.32. The van der Waals surface area contributed by atoms with Gasteiger partial charge in [0.25, 0.3) is 0 Å². The first-order chi connectivity index (χ1) is 13.2. The molecule has 136 valence electrons. The fourth-order valence-electron chi connectivity index (χ4n) is 2.76. The summed E-state index contributed by atoms with van der Waals surface area (Å²) in [4.78, 5) is 24.1. The minimum atomic E-state index is -0.784. The van der Waals surface area contributed by atoms with Gasteiger partial charge in [-0.05, 0) is 24.1 Å². The Kier molecular flexibility index (Phi) is 5.00. The van der Waals surface area contributed by atoms with Crippen LogP contribution in [0.3, 0.4) is 0 Å². The van der Waals surface area contributed by atoms with E-state index in [1.165, 1.54) is 0 Å². The molecule has 0 saturated carbocycles. The zero-order valence-electron chi connectivity index (χ0n) is 14.6. The van der Waals surface area contributed by atoms with E-state index >= 15 is 0 Å².